The summed E-state index contributed by atoms with van der Waals surface area (Å²) in [5.41, 5.74) is 2.66. The van der Waals surface area contributed by atoms with Gasteiger partial charge in [-0.15, -0.1) is 0 Å². The van der Waals surface area contributed by atoms with Gasteiger partial charge in [0.25, 0.3) is 5.56 Å². The third-order valence-electron chi connectivity index (χ3n) is 5.00. The Morgan fingerprint density at radius 2 is 1.74 bits per heavy atom. The van der Waals surface area contributed by atoms with E-state index in [0.717, 1.165) is 5.56 Å². The lowest BCUT2D eigenvalue weighted by molar-refractivity contribution is 0.398. The second kappa shape index (κ2) is 8.59. The molecule has 2 aromatic carbocycles. The Morgan fingerprint density at radius 1 is 1.06 bits per heavy atom. The van der Waals surface area contributed by atoms with E-state index < -0.39 is 15.4 Å². The van der Waals surface area contributed by atoms with Gasteiger partial charge in [-0.25, -0.2) is 8.42 Å². The molecule has 7 heteroatoms. The van der Waals surface area contributed by atoms with Crippen molar-refractivity contribution in [3.05, 3.63) is 81.8 Å². The molecular formula is C24H28N2O4S. The van der Waals surface area contributed by atoms with Crippen LogP contribution in [0.3, 0.4) is 0 Å². The van der Waals surface area contributed by atoms with E-state index in [4.69, 9.17) is 4.74 Å². The topological polar surface area (TPSA) is 88.3 Å². The number of aryl methyl sites for hydroxylation is 1. The summed E-state index contributed by atoms with van der Waals surface area (Å²) in [5, 5.41) is 0. The number of benzene rings is 2. The average molecular weight is 441 g/mol. The van der Waals surface area contributed by atoms with Crippen molar-refractivity contribution in [1.82, 2.24) is 4.98 Å². The van der Waals surface area contributed by atoms with Crippen LogP contribution in [0.5, 0.6) is 5.75 Å². The van der Waals surface area contributed by atoms with Crippen molar-refractivity contribution in [2.75, 3.05) is 11.8 Å². The highest BCUT2D eigenvalue weighted by Crippen LogP contribution is 2.45. The van der Waals surface area contributed by atoms with Crippen molar-refractivity contribution in [2.45, 2.75) is 38.9 Å². The average Bonchev–Trinajstić information content (AvgIpc) is 2.67. The van der Waals surface area contributed by atoms with Crippen molar-refractivity contribution in [3.63, 3.8) is 0 Å². The van der Waals surface area contributed by atoms with Gasteiger partial charge in [0.2, 0.25) is 10.0 Å². The highest BCUT2D eigenvalue weighted by molar-refractivity contribution is 7.91. The molecule has 0 aliphatic heterocycles. The summed E-state index contributed by atoms with van der Waals surface area (Å²) in [6.07, 6.45) is 1.55. The normalized spacial score (nSPS) is 11.9. The van der Waals surface area contributed by atoms with E-state index in [1.807, 2.05) is 39.8 Å². The van der Waals surface area contributed by atoms with Crippen molar-refractivity contribution in [3.8, 4) is 16.9 Å². The maximum atomic E-state index is 13.2. The highest BCUT2D eigenvalue weighted by atomic mass is 32.2. The zero-order valence-electron chi connectivity index (χ0n) is 18.4. The summed E-state index contributed by atoms with van der Waals surface area (Å²) in [6, 6.07) is 14.2. The number of sulfonamides is 1. The number of rotatable bonds is 6. The molecule has 0 atom stereocenters. The summed E-state index contributed by atoms with van der Waals surface area (Å²) < 4.78 is 34.8. The SMILES string of the molecule is COc1cc(C)c(-c2ccc[nH]c2=O)c(NS(=O)(=O)Cc2ccccc2)c1C(C)(C)C. The fraction of sp³-hybridized carbons (Fsp3) is 0.292. The third-order valence-corrected chi connectivity index (χ3v) is 6.23. The summed E-state index contributed by atoms with van der Waals surface area (Å²) in [5.74, 6) is 0.386. The molecule has 6 nitrogen and oxygen atoms in total. The number of aromatic nitrogens is 1. The van der Waals surface area contributed by atoms with Crippen LogP contribution in [0.25, 0.3) is 11.1 Å². The van der Waals surface area contributed by atoms with Crippen LogP contribution in [0, 0.1) is 6.92 Å². The van der Waals surface area contributed by atoms with E-state index in [1.54, 1.807) is 49.7 Å². The maximum absolute atomic E-state index is 13.2. The van der Waals surface area contributed by atoms with Gasteiger partial charge in [0, 0.05) is 22.9 Å². The largest absolute Gasteiger partial charge is 0.496 e. The lowest BCUT2D eigenvalue weighted by Crippen LogP contribution is -2.23. The molecule has 0 unspecified atom stereocenters. The number of aromatic amines is 1. The molecule has 1 aromatic heterocycles. The molecule has 0 saturated heterocycles. The third kappa shape index (κ3) is 4.99. The summed E-state index contributed by atoms with van der Waals surface area (Å²) in [6.45, 7) is 7.78. The number of pyridine rings is 1. The first-order chi connectivity index (χ1) is 14.5. The molecule has 1 heterocycles. The van der Waals surface area contributed by atoms with Crippen LogP contribution in [-0.4, -0.2) is 20.5 Å². The van der Waals surface area contributed by atoms with E-state index in [2.05, 4.69) is 9.71 Å². The van der Waals surface area contributed by atoms with Gasteiger partial charge in [-0.3, -0.25) is 9.52 Å². The van der Waals surface area contributed by atoms with Crippen molar-refractivity contribution < 1.29 is 13.2 Å². The van der Waals surface area contributed by atoms with E-state index in [1.165, 1.54) is 0 Å². The van der Waals surface area contributed by atoms with Crippen LogP contribution in [0.15, 0.2) is 59.5 Å². The lowest BCUT2D eigenvalue weighted by atomic mass is 9.81. The van der Waals surface area contributed by atoms with Gasteiger partial charge >= 0.3 is 0 Å². The Labute approximate surface area is 183 Å². The highest BCUT2D eigenvalue weighted by Gasteiger charge is 2.30. The predicted octanol–water partition coefficient (Wildman–Crippen LogP) is 4.60. The van der Waals surface area contributed by atoms with Crippen LogP contribution in [-0.2, 0) is 21.2 Å². The van der Waals surface area contributed by atoms with Gasteiger partial charge in [0.15, 0.2) is 0 Å². The molecular weight excluding hydrogens is 412 g/mol. The summed E-state index contributed by atoms with van der Waals surface area (Å²) in [7, 11) is -2.22. The van der Waals surface area contributed by atoms with E-state index >= 15 is 0 Å². The van der Waals surface area contributed by atoms with Gasteiger partial charge in [-0.05, 0) is 41.7 Å². The maximum Gasteiger partial charge on any atom is 0.255 e. The number of anilines is 1. The lowest BCUT2D eigenvalue weighted by Gasteiger charge is -2.29. The molecule has 3 aromatic rings. The first-order valence-corrected chi connectivity index (χ1v) is 11.6. The van der Waals surface area contributed by atoms with E-state index in [0.29, 0.717) is 33.7 Å². The molecule has 164 valence electrons. The van der Waals surface area contributed by atoms with Crippen molar-refractivity contribution >= 4 is 15.7 Å². The molecule has 0 spiro atoms. The standard InChI is InChI=1S/C24H28N2O4S/c1-16-14-19(30-5)21(24(2,3)4)22(20(16)18-12-9-13-25-23(18)27)26-31(28,29)15-17-10-7-6-8-11-17/h6-14,26H,15H2,1-5H3,(H,25,27). The fourth-order valence-electron chi connectivity index (χ4n) is 3.74. The Bertz CT molecular complexity index is 1240. The minimum atomic E-state index is -3.77. The van der Waals surface area contributed by atoms with Gasteiger partial charge in [-0.2, -0.15) is 0 Å². The number of H-pyrrole nitrogens is 1. The molecule has 0 bridgehead atoms. The Kier molecular flexibility index (Phi) is 6.27. The van der Waals surface area contributed by atoms with Gasteiger partial charge in [-0.1, -0.05) is 51.1 Å². The van der Waals surface area contributed by atoms with Crippen LogP contribution in [0.4, 0.5) is 5.69 Å². The Morgan fingerprint density at radius 3 is 2.32 bits per heavy atom. The Hall–Kier alpha value is -3.06. The number of methoxy groups -OCH3 is 1. The zero-order valence-corrected chi connectivity index (χ0v) is 19.3. The fourth-order valence-corrected chi connectivity index (χ4v) is 4.96. The molecule has 0 saturated carbocycles. The van der Waals surface area contributed by atoms with Crippen molar-refractivity contribution in [2.24, 2.45) is 0 Å². The van der Waals surface area contributed by atoms with E-state index in [-0.39, 0.29) is 11.3 Å². The summed E-state index contributed by atoms with van der Waals surface area (Å²) in [4.78, 5) is 15.3. The van der Waals surface area contributed by atoms with Crippen LogP contribution >= 0.6 is 0 Å². The zero-order chi connectivity index (χ0) is 22.8. The molecule has 0 aliphatic rings. The first kappa shape index (κ1) is 22.6. The second-order valence-corrected chi connectivity index (χ2v) is 10.3. The number of hydrogen-bond acceptors (Lipinski definition) is 4. The first-order valence-electron chi connectivity index (χ1n) is 9.98. The van der Waals surface area contributed by atoms with Gasteiger partial charge in [0.1, 0.15) is 5.75 Å². The molecule has 0 amide bonds. The van der Waals surface area contributed by atoms with Gasteiger partial charge < -0.3 is 9.72 Å². The summed E-state index contributed by atoms with van der Waals surface area (Å²) >= 11 is 0. The molecule has 31 heavy (non-hydrogen) atoms. The smallest absolute Gasteiger partial charge is 0.255 e. The van der Waals surface area contributed by atoms with Gasteiger partial charge in [0.05, 0.1) is 18.6 Å². The number of ether oxygens (including phenoxy) is 1. The quantitative estimate of drug-likeness (QED) is 0.586. The molecule has 2 N–H and O–H groups in total. The van der Waals surface area contributed by atoms with E-state index in [9.17, 15) is 13.2 Å². The number of nitrogens with one attached hydrogen (secondary N) is 2. The second-order valence-electron chi connectivity index (χ2n) is 8.53. The molecule has 3 rings (SSSR count). The Balaban J connectivity index is 2.28. The number of hydrogen-bond donors (Lipinski definition) is 2. The molecule has 0 fully saturated rings. The van der Waals surface area contributed by atoms with Crippen LogP contribution in [0.1, 0.15) is 37.5 Å². The van der Waals surface area contributed by atoms with Crippen LogP contribution < -0.4 is 15.0 Å². The predicted molar refractivity (Wildman–Crippen MR) is 125 cm³/mol. The molecule has 0 radical (unpaired) electrons. The minimum absolute atomic E-state index is 0.182. The monoisotopic (exact) mass is 440 g/mol. The molecule has 0 aliphatic carbocycles. The van der Waals surface area contributed by atoms with Crippen molar-refractivity contribution in [1.29, 1.82) is 0 Å². The van der Waals surface area contributed by atoms with Crippen LogP contribution in [0.2, 0.25) is 0 Å². The minimum Gasteiger partial charge on any atom is -0.496 e.